The van der Waals surface area contributed by atoms with Crippen LogP contribution in [0.15, 0.2) is 88.8 Å². The van der Waals surface area contributed by atoms with Gasteiger partial charge in [-0.2, -0.15) is 10.4 Å². The third-order valence-electron chi connectivity index (χ3n) is 5.15. The van der Waals surface area contributed by atoms with Gasteiger partial charge in [-0.15, -0.1) is 0 Å². The van der Waals surface area contributed by atoms with Gasteiger partial charge < -0.3 is 4.74 Å². The number of aromatic nitrogens is 2. The van der Waals surface area contributed by atoms with Crippen molar-refractivity contribution in [2.75, 3.05) is 5.43 Å². The monoisotopic (exact) mass is 449 g/mol. The van der Waals surface area contributed by atoms with Gasteiger partial charge in [0.15, 0.2) is 0 Å². The molecule has 2 N–H and O–H groups in total. The lowest BCUT2D eigenvalue weighted by Gasteiger charge is -2.10. The molecule has 3 aromatic carbocycles. The lowest BCUT2D eigenvalue weighted by molar-refractivity contribution is 0.481. The molecule has 0 unspecified atom stereocenters. The maximum atomic E-state index is 12.4. The lowest BCUT2D eigenvalue weighted by atomic mass is 10.0. The molecule has 0 fully saturated rings. The molecule has 0 aliphatic carbocycles. The summed E-state index contributed by atoms with van der Waals surface area (Å²) in [5.74, 6) is 1.94. The summed E-state index contributed by atoms with van der Waals surface area (Å²) < 4.78 is 6.04. The summed E-state index contributed by atoms with van der Waals surface area (Å²) in [5, 5.41) is 13.6. The number of benzene rings is 3. The van der Waals surface area contributed by atoms with Gasteiger partial charge in [0.2, 0.25) is 5.95 Å². The zero-order valence-corrected chi connectivity index (χ0v) is 18.8. The molecular weight excluding hydrogens is 426 g/mol. The van der Waals surface area contributed by atoms with Crippen molar-refractivity contribution in [3.05, 3.63) is 106 Å². The van der Waals surface area contributed by atoms with Crippen molar-refractivity contribution in [2.45, 2.75) is 19.8 Å². The van der Waals surface area contributed by atoms with E-state index in [9.17, 15) is 10.1 Å². The van der Waals surface area contributed by atoms with Gasteiger partial charge in [0, 0.05) is 11.1 Å². The smallest absolute Gasteiger partial charge is 0.270 e. The first kappa shape index (κ1) is 22.5. The highest BCUT2D eigenvalue weighted by Gasteiger charge is 2.13. The van der Waals surface area contributed by atoms with Crippen LogP contribution >= 0.6 is 0 Å². The van der Waals surface area contributed by atoms with Crippen LogP contribution in [0.4, 0.5) is 5.95 Å². The van der Waals surface area contributed by atoms with Crippen LogP contribution in [-0.2, 0) is 0 Å². The van der Waals surface area contributed by atoms with E-state index in [4.69, 9.17) is 4.74 Å². The Labute approximate surface area is 197 Å². The first-order chi connectivity index (χ1) is 16.5. The molecule has 0 atom stereocenters. The van der Waals surface area contributed by atoms with E-state index in [0.717, 1.165) is 11.3 Å². The number of para-hydroxylation sites is 1. The van der Waals surface area contributed by atoms with E-state index >= 15 is 0 Å². The second-order valence-corrected chi connectivity index (χ2v) is 7.85. The number of rotatable bonds is 7. The summed E-state index contributed by atoms with van der Waals surface area (Å²) in [6.07, 6.45) is 1.58. The Hall–Kier alpha value is -4.70. The average molecular weight is 450 g/mol. The van der Waals surface area contributed by atoms with E-state index in [0.29, 0.717) is 17.2 Å². The fraction of sp³-hybridized carbons (Fsp3) is 0.111. The Morgan fingerprint density at radius 2 is 1.74 bits per heavy atom. The molecule has 0 bridgehead atoms. The second kappa shape index (κ2) is 10.3. The summed E-state index contributed by atoms with van der Waals surface area (Å²) in [5.41, 5.74) is 5.09. The Kier molecular flexibility index (Phi) is 6.80. The number of hydrogen-bond acceptors (Lipinski definition) is 6. The van der Waals surface area contributed by atoms with Gasteiger partial charge in [-0.25, -0.2) is 10.4 Å². The standard InChI is InChI=1S/C27H23N5O2/c1-18(2)19-12-14-22(15-13-19)34-24-11-7-6-10-21(24)17-29-32-27-30-25(20-8-4-3-5-9-20)23(16-28)26(33)31-27/h3-15,17-18H,1-2H3,(H2,30,31,32,33). The van der Waals surface area contributed by atoms with Gasteiger partial charge in [0.1, 0.15) is 23.1 Å². The maximum Gasteiger partial charge on any atom is 0.270 e. The first-order valence-corrected chi connectivity index (χ1v) is 10.8. The molecule has 0 radical (unpaired) electrons. The molecule has 0 amide bonds. The predicted molar refractivity (Wildman–Crippen MR) is 133 cm³/mol. The molecule has 0 aliphatic rings. The molecule has 7 nitrogen and oxygen atoms in total. The number of anilines is 1. The Balaban J connectivity index is 1.55. The van der Waals surface area contributed by atoms with E-state index in [-0.39, 0.29) is 17.2 Å². The Bertz CT molecular complexity index is 1400. The molecule has 0 saturated heterocycles. The molecule has 34 heavy (non-hydrogen) atoms. The fourth-order valence-electron chi connectivity index (χ4n) is 3.33. The lowest BCUT2D eigenvalue weighted by Crippen LogP contribution is -2.16. The molecule has 168 valence electrons. The number of aromatic amines is 1. The number of ether oxygens (including phenoxy) is 1. The van der Waals surface area contributed by atoms with E-state index in [2.05, 4.69) is 46.5 Å². The predicted octanol–water partition coefficient (Wildman–Crippen LogP) is 5.67. The highest BCUT2D eigenvalue weighted by atomic mass is 16.5. The number of H-pyrrole nitrogens is 1. The normalized spacial score (nSPS) is 10.9. The number of hydrogen-bond donors (Lipinski definition) is 2. The fourth-order valence-corrected chi connectivity index (χ4v) is 3.33. The van der Waals surface area contributed by atoms with Crippen molar-refractivity contribution in [3.63, 3.8) is 0 Å². The maximum absolute atomic E-state index is 12.4. The van der Waals surface area contributed by atoms with Crippen LogP contribution in [0, 0.1) is 11.3 Å². The van der Waals surface area contributed by atoms with Crippen LogP contribution < -0.4 is 15.7 Å². The van der Waals surface area contributed by atoms with E-state index in [1.165, 1.54) is 5.56 Å². The minimum Gasteiger partial charge on any atom is -0.457 e. The van der Waals surface area contributed by atoms with Gasteiger partial charge in [-0.05, 0) is 35.7 Å². The zero-order chi connectivity index (χ0) is 23.9. The van der Waals surface area contributed by atoms with Gasteiger partial charge in [-0.3, -0.25) is 9.78 Å². The Morgan fingerprint density at radius 3 is 2.44 bits per heavy atom. The molecular formula is C27H23N5O2. The van der Waals surface area contributed by atoms with Crippen molar-refractivity contribution in [3.8, 4) is 28.8 Å². The van der Waals surface area contributed by atoms with Crippen LogP contribution in [-0.4, -0.2) is 16.2 Å². The molecule has 0 aliphatic heterocycles. The number of hydrazone groups is 1. The van der Waals surface area contributed by atoms with Crippen LogP contribution in [0.25, 0.3) is 11.3 Å². The molecule has 7 heteroatoms. The minimum atomic E-state index is -0.539. The van der Waals surface area contributed by atoms with Crippen LogP contribution in [0.1, 0.15) is 36.5 Å². The number of nitrogens with one attached hydrogen (secondary N) is 2. The van der Waals surface area contributed by atoms with Crippen molar-refractivity contribution < 1.29 is 4.74 Å². The third kappa shape index (κ3) is 5.19. The van der Waals surface area contributed by atoms with Gasteiger partial charge in [-0.1, -0.05) is 68.4 Å². The van der Waals surface area contributed by atoms with Crippen molar-refractivity contribution in [1.29, 1.82) is 5.26 Å². The van der Waals surface area contributed by atoms with Crippen molar-refractivity contribution >= 4 is 12.2 Å². The van der Waals surface area contributed by atoms with E-state index in [1.807, 2.05) is 60.7 Å². The highest BCUT2D eigenvalue weighted by molar-refractivity contribution is 5.84. The summed E-state index contributed by atoms with van der Waals surface area (Å²) in [6, 6.07) is 26.5. The molecule has 4 rings (SSSR count). The van der Waals surface area contributed by atoms with Gasteiger partial charge >= 0.3 is 0 Å². The SMILES string of the molecule is CC(C)c1ccc(Oc2ccccc2C=NNc2nc(-c3ccccc3)c(C#N)c(=O)[nH]2)cc1. The van der Waals surface area contributed by atoms with Crippen LogP contribution in [0.2, 0.25) is 0 Å². The molecule has 1 aromatic heterocycles. The summed E-state index contributed by atoms with van der Waals surface area (Å²) in [4.78, 5) is 19.3. The van der Waals surface area contributed by atoms with E-state index < -0.39 is 5.56 Å². The van der Waals surface area contributed by atoms with E-state index in [1.54, 1.807) is 18.3 Å². The molecule has 1 heterocycles. The first-order valence-electron chi connectivity index (χ1n) is 10.8. The molecule has 4 aromatic rings. The molecule has 0 spiro atoms. The van der Waals surface area contributed by atoms with Gasteiger partial charge in [0.25, 0.3) is 5.56 Å². The number of nitriles is 1. The van der Waals surface area contributed by atoms with Crippen molar-refractivity contribution in [2.24, 2.45) is 5.10 Å². The van der Waals surface area contributed by atoms with Gasteiger partial charge in [0.05, 0.1) is 11.9 Å². The topological polar surface area (TPSA) is 103 Å². The largest absolute Gasteiger partial charge is 0.457 e. The summed E-state index contributed by atoms with van der Waals surface area (Å²) >= 11 is 0. The minimum absolute atomic E-state index is 0.0528. The highest BCUT2D eigenvalue weighted by Crippen LogP contribution is 2.26. The number of nitrogens with zero attached hydrogens (tertiary/aromatic N) is 3. The molecule has 0 saturated carbocycles. The average Bonchev–Trinajstić information content (AvgIpc) is 2.85. The zero-order valence-electron chi connectivity index (χ0n) is 18.8. The summed E-state index contributed by atoms with van der Waals surface area (Å²) in [7, 11) is 0. The summed E-state index contributed by atoms with van der Waals surface area (Å²) in [6.45, 7) is 4.29. The quantitative estimate of drug-likeness (QED) is 0.279. The van der Waals surface area contributed by atoms with Crippen LogP contribution in [0.5, 0.6) is 11.5 Å². The second-order valence-electron chi connectivity index (χ2n) is 7.85. The third-order valence-corrected chi connectivity index (χ3v) is 5.15. The van der Waals surface area contributed by atoms with Crippen molar-refractivity contribution in [1.82, 2.24) is 9.97 Å². The Morgan fingerprint density at radius 1 is 1.03 bits per heavy atom. The van der Waals surface area contributed by atoms with Crippen LogP contribution in [0.3, 0.4) is 0 Å².